The molecule has 1 aromatic rings. The van der Waals surface area contributed by atoms with Gasteiger partial charge in [0.1, 0.15) is 17.9 Å². The summed E-state index contributed by atoms with van der Waals surface area (Å²) in [5.74, 6) is 0.403. The lowest BCUT2D eigenvalue weighted by Gasteiger charge is -2.11. The van der Waals surface area contributed by atoms with Crippen LogP contribution >= 0.6 is 0 Å². The Hall–Kier alpha value is -2.20. The Kier molecular flexibility index (Phi) is 3.54. The molecular formula is C11H11N3O. The Morgan fingerprint density at radius 2 is 2.20 bits per heavy atom. The predicted octanol–water partition coefficient (Wildman–Crippen LogP) is 1.82. The Bertz CT molecular complexity index is 428. The molecule has 15 heavy (non-hydrogen) atoms. The van der Waals surface area contributed by atoms with Gasteiger partial charge < -0.3 is 10.5 Å². The maximum absolute atomic E-state index is 8.83. The fraction of sp³-hybridized carbons (Fsp3) is 0.273. The molecule has 0 amide bonds. The lowest BCUT2D eigenvalue weighted by atomic mass is 10.2. The first kappa shape index (κ1) is 10.9. The van der Waals surface area contributed by atoms with Gasteiger partial charge in [-0.2, -0.15) is 10.5 Å². The van der Waals surface area contributed by atoms with Crippen LogP contribution in [0.25, 0.3) is 0 Å². The van der Waals surface area contributed by atoms with E-state index in [1.54, 1.807) is 12.1 Å². The molecule has 1 atom stereocenters. The van der Waals surface area contributed by atoms with Crippen LogP contribution in [-0.4, -0.2) is 6.10 Å². The molecule has 2 N–H and O–H groups in total. The third kappa shape index (κ3) is 2.62. The second-order valence-corrected chi connectivity index (χ2v) is 3.01. The van der Waals surface area contributed by atoms with E-state index in [2.05, 4.69) is 0 Å². The average Bonchev–Trinajstić information content (AvgIpc) is 2.27. The summed E-state index contributed by atoms with van der Waals surface area (Å²) in [4.78, 5) is 0. The number of ether oxygens (including phenoxy) is 1. The number of hydrogen-bond acceptors (Lipinski definition) is 4. The highest BCUT2D eigenvalue weighted by molar-refractivity contribution is 5.53. The number of nitriles is 2. The smallest absolute Gasteiger partial charge is 0.184 e. The Morgan fingerprint density at radius 3 is 2.73 bits per heavy atom. The van der Waals surface area contributed by atoms with Crippen LogP contribution < -0.4 is 10.5 Å². The highest BCUT2D eigenvalue weighted by Crippen LogP contribution is 2.22. The average molecular weight is 201 g/mol. The summed E-state index contributed by atoms with van der Waals surface area (Å²) in [5.41, 5.74) is 6.38. The van der Waals surface area contributed by atoms with Crippen molar-refractivity contribution in [1.82, 2.24) is 0 Å². The van der Waals surface area contributed by atoms with Crippen molar-refractivity contribution in [2.75, 3.05) is 5.73 Å². The Balaban J connectivity index is 2.96. The largest absolute Gasteiger partial charge is 0.474 e. The van der Waals surface area contributed by atoms with Gasteiger partial charge in [-0.05, 0) is 24.6 Å². The topological polar surface area (TPSA) is 82.8 Å². The van der Waals surface area contributed by atoms with Gasteiger partial charge in [-0.25, -0.2) is 0 Å². The van der Waals surface area contributed by atoms with Crippen LogP contribution in [0.1, 0.15) is 18.9 Å². The molecule has 0 radical (unpaired) electrons. The first-order chi connectivity index (χ1) is 7.21. The fourth-order valence-corrected chi connectivity index (χ4v) is 1.09. The molecule has 4 heteroatoms. The normalized spacial score (nSPS) is 11.1. The fourth-order valence-electron chi connectivity index (χ4n) is 1.09. The van der Waals surface area contributed by atoms with Crippen LogP contribution in [0.3, 0.4) is 0 Å². The minimum absolute atomic E-state index is 0.351. The van der Waals surface area contributed by atoms with Gasteiger partial charge in [0.25, 0.3) is 0 Å². The van der Waals surface area contributed by atoms with Crippen LogP contribution in [0, 0.1) is 22.7 Å². The van der Waals surface area contributed by atoms with Crippen molar-refractivity contribution in [3.63, 3.8) is 0 Å². The van der Waals surface area contributed by atoms with E-state index in [-0.39, 0.29) is 0 Å². The van der Waals surface area contributed by atoms with Crippen molar-refractivity contribution in [3.05, 3.63) is 23.8 Å². The maximum Gasteiger partial charge on any atom is 0.184 e. The molecule has 1 rings (SSSR count). The maximum atomic E-state index is 8.83. The van der Waals surface area contributed by atoms with Crippen molar-refractivity contribution in [2.24, 2.45) is 0 Å². The molecular weight excluding hydrogens is 190 g/mol. The molecule has 1 aromatic carbocycles. The van der Waals surface area contributed by atoms with Gasteiger partial charge in [-0.1, -0.05) is 6.92 Å². The van der Waals surface area contributed by atoms with Crippen LogP contribution in [0.15, 0.2) is 18.2 Å². The molecule has 0 aliphatic rings. The van der Waals surface area contributed by atoms with Gasteiger partial charge in [-0.3, -0.25) is 0 Å². The zero-order valence-corrected chi connectivity index (χ0v) is 8.40. The molecule has 0 aliphatic heterocycles. The van der Waals surface area contributed by atoms with E-state index < -0.39 is 6.10 Å². The number of rotatable bonds is 3. The van der Waals surface area contributed by atoms with E-state index in [9.17, 15) is 0 Å². The zero-order valence-electron chi connectivity index (χ0n) is 8.40. The van der Waals surface area contributed by atoms with Gasteiger partial charge in [0.2, 0.25) is 0 Å². The molecule has 0 spiro atoms. The first-order valence-electron chi connectivity index (χ1n) is 4.57. The van der Waals surface area contributed by atoms with Gasteiger partial charge in [0.15, 0.2) is 6.10 Å². The summed E-state index contributed by atoms with van der Waals surface area (Å²) in [6, 6.07) is 8.75. The van der Waals surface area contributed by atoms with Crippen LogP contribution in [0.4, 0.5) is 5.69 Å². The summed E-state index contributed by atoms with van der Waals surface area (Å²) in [7, 11) is 0. The summed E-state index contributed by atoms with van der Waals surface area (Å²) in [6.07, 6.45) is 0.0480. The van der Waals surface area contributed by atoms with Crippen molar-refractivity contribution < 1.29 is 4.74 Å². The highest BCUT2D eigenvalue weighted by Gasteiger charge is 2.09. The summed E-state index contributed by atoms with van der Waals surface area (Å²) in [6.45, 7) is 1.84. The third-order valence-corrected chi connectivity index (χ3v) is 1.91. The van der Waals surface area contributed by atoms with Crippen LogP contribution in [-0.2, 0) is 0 Å². The van der Waals surface area contributed by atoms with Gasteiger partial charge >= 0.3 is 0 Å². The molecule has 0 heterocycles. The molecule has 0 bridgehead atoms. The second-order valence-electron chi connectivity index (χ2n) is 3.01. The van der Waals surface area contributed by atoms with Gasteiger partial charge in [0, 0.05) is 5.69 Å². The predicted molar refractivity (Wildman–Crippen MR) is 55.9 cm³/mol. The summed E-state index contributed by atoms with van der Waals surface area (Å²) < 4.78 is 5.35. The minimum Gasteiger partial charge on any atom is -0.474 e. The van der Waals surface area contributed by atoms with E-state index in [4.69, 9.17) is 21.0 Å². The van der Waals surface area contributed by atoms with Gasteiger partial charge in [-0.15, -0.1) is 0 Å². The number of hydrogen-bond donors (Lipinski definition) is 1. The van der Waals surface area contributed by atoms with E-state index in [0.29, 0.717) is 23.4 Å². The number of benzene rings is 1. The molecule has 1 unspecified atom stereocenters. The highest BCUT2D eigenvalue weighted by atomic mass is 16.5. The van der Waals surface area contributed by atoms with E-state index in [1.165, 1.54) is 6.07 Å². The standard InChI is InChI=1S/C11H11N3O/c1-2-10(7-13)15-11-4-3-9(14)5-8(11)6-12/h3-5,10H,2,14H2,1H3. The van der Waals surface area contributed by atoms with Crippen LogP contribution in [0.2, 0.25) is 0 Å². The molecule has 0 aromatic heterocycles. The van der Waals surface area contributed by atoms with Crippen molar-refractivity contribution in [3.8, 4) is 17.9 Å². The molecule has 0 saturated carbocycles. The van der Waals surface area contributed by atoms with E-state index >= 15 is 0 Å². The van der Waals surface area contributed by atoms with Crippen molar-refractivity contribution in [1.29, 1.82) is 10.5 Å². The quantitative estimate of drug-likeness (QED) is 0.756. The number of anilines is 1. The lowest BCUT2D eigenvalue weighted by Crippen LogP contribution is -2.13. The molecule has 0 aliphatic carbocycles. The van der Waals surface area contributed by atoms with Crippen molar-refractivity contribution in [2.45, 2.75) is 19.4 Å². The SMILES string of the molecule is CCC(C#N)Oc1ccc(N)cc1C#N. The zero-order chi connectivity index (χ0) is 11.3. The van der Waals surface area contributed by atoms with E-state index in [1.807, 2.05) is 19.1 Å². The number of nitrogen functional groups attached to an aromatic ring is 1. The summed E-state index contributed by atoms with van der Waals surface area (Å²) in [5, 5.41) is 17.6. The first-order valence-corrected chi connectivity index (χ1v) is 4.57. The summed E-state index contributed by atoms with van der Waals surface area (Å²) >= 11 is 0. The monoisotopic (exact) mass is 201 g/mol. The third-order valence-electron chi connectivity index (χ3n) is 1.91. The lowest BCUT2D eigenvalue weighted by molar-refractivity contribution is 0.251. The van der Waals surface area contributed by atoms with Crippen LogP contribution in [0.5, 0.6) is 5.75 Å². The number of nitrogens with two attached hydrogens (primary N) is 1. The molecule has 4 nitrogen and oxygen atoms in total. The molecule has 0 saturated heterocycles. The number of nitrogens with zero attached hydrogens (tertiary/aromatic N) is 2. The van der Waals surface area contributed by atoms with Gasteiger partial charge in [0.05, 0.1) is 5.56 Å². The Labute approximate surface area is 88.5 Å². The molecule has 76 valence electrons. The second kappa shape index (κ2) is 4.88. The van der Waals surface area contributed by atoms with E-state index in [0.717, 1.165) is 0 Å². The molecule has 0 fully saturated rings. The minimum atomic E-state index is -0.527. The van der Waals surface area contributed by atoms with Crippen molar-refractivity contribution >= 4 is 5.69 Å². The Morgan fingerprint density at radius 1 is 1.47 bits per heavy atom.